The number of carbonyl (C=O) groups excluding carboxylic acids is 2. The predicted molar refractivity (Wildman–Crippen MR) is 92.8 cm³/mol. The maximum atomic E-state index is 12.7. The number of cyclic esters (lactones) is 1. The van der Waals surface area contributed by atoms with Gasteiger partial charge in [0.25, 0.3) is 5.91 Å². The first-order valence-corrected chi connectivity index (χ1v) is 8.31. The van der Waals surface area contributed by atoms with E-state index in [0.29, 0.717) is 10.7 Å². The van der Waals surface area contributed by atoms with Crippen LogP contribution in [0.15, 0.2) is 48.5 Å². The molecule has 2 amide bonds. The van der Waals surface area contributed by atoms with Gasteiger partial charge < -0.3 is 10.1 Å². The lowest BCUT2D eigenvalue weighted by Crippen LogP contribution is -2.34. The maximum absolute atomic E-state index is 12.7. The summed E-state index contributed by atoms with van der Waals surface area (Å²) in [6.45, 7) is 0.153. The second kappa shape index (κ2) is 7.48. The summed E-state index contributed by atoms with van der Waals surface area (Å²) in [5.41, 5.74) is -0.477. The van der Waals surface area contributed by atoms with Crippen LogP contribution in [0.2, 0.25) is 5.02 Å². The van der Waals surface area contributed by atoms with E-state index in [1.807, 2.05) is 0 Å². The fraction of sp³-hybridized carbons (Fsp3) is 0.222. The molecule has 1 fully saturated rings. The van der Waals surface area contributed by atoms with E-state index in [0.717, 1.165) is 18.2 Å². The molecule has 2 aromatic carbocycles. The van der Waals surface area contributed by atoms with E-state index in [-0.39, 0.29) is 18.7 Å². The lowest BCUT2D eigenvalue weighted by molar-refractivity contribution is -0.137. The van der Waals surface area contributed by atoms with Gasteiger partial charge in [0.15, 0.2) is 0 Å². The molecular formula is C18H14ClF3N2O3. The highest BCUT2D eigenvalue weighted by Gasteiger charge is 2.33. The Morgan fingerprint density at radius 2 is 1.96 bits per heavy atom. The number of benzene rings is 2. The lowest BCUT2D eigenvalue weighted by atomic mass is 10.1. The molecule has 5 nitrogen and oxygen atoms in total. The lowest BCUT2D eigenvalue weighted by Gasteiger charge is -2.13. The number of hydrogen-bond acceptors (Lipinski definition) is 3. The number of rotatable bonds is 4. The van der Waals surface area contributed by atoms with Crippen molar-refractivity contribution in [1.29, 1.82) is 0 Å². The van der Waals surface area contributed by atoms with Crippen molar-refractivity contribution in [3.05, 3.63) is 64.7 Å². The summed E-state index contributed by atoms with van der Waals surface area (Å²) in [6, 6.07) is 10.8. The van der Waals surface area contributed by atoms with Gasteiger partial charge in [-0.25, -0.2) is 4.79 Å². The molecule has 1 saturated heterocycles. The molecule has 142 valence electrons. The molecule has 0 radical (unpaired) electrons. The Balaban J connectivity index is 1.61. The molecule has 0 saturated carbocycles. The number of hydrogen-bond donors (Lipinski definition) is 1. The van der Waals surface area contributed by atoms with E-state index >= 15 is 0 Å². The summed E-state index contributed by atoms with van der Waals surface area (Å²) >= 11 is 5.91. The molecule has 1 aliphatic rings. The normalized spacial score (nSPS) is 17.0. The molecule has 0 bridgehead atoms. The van der Waals surface area contributed by atoms with Crippen molar-refractivity contribution < 1.29 is 27.5 Å². The summed E-state index contributed by atoms with van der Waals surface area (Å²) in [6.07, 6.45) is -5.75. The fourth-order valence-electron chi connectivity index (χ4n) is 2.63. The van der Waals surface area contributed by atoms with Gasteiger partial charge in [-0.2, -0.15) is 13.2 Å². The average Bonchev–Trinajstić information content (AvgIpc) is 3.00. The minimum atomic E-state index is -4.53. The summed E-state index contributed by atoms with van der Waals surface area (Å²) in [5.74, 6) is -0.682. The fourth-order valence-corrected chi connectivity index (χ4v) is 2.81. The van der Waals surface area contributed by atoms with Gasteiger partial charge in [0.2, 0.25) is 0 Å². The number of carbonyl (C=O) groups is 2. The summed E-state index contributed by atoms with van der Waals surface area (Å²) in [7, 11) is 0. The third kappa shape index (κ3) is 4.51. The molecule has 2 aromatic rings. The number of nitrogens with one attached hydrogen (secondary N) is 1. The highest BCUT2D eigenvalue weighted by molar-refractivity contribution is 6.30. The van der Waals surface area contributed by atoms with Crippen molar-refractivity contribution in [3.8, 4) is 0 Å². The standard InChI is InChI=1S/C18H14ClF3N2O3/c19-13-5-2-6-14(8-13)24-10-15(27-17(24)26)9-23-16(25)11-3-1-4-12(7-11)18(20,21)22/h1-8,15H,9-10H2,(H,23,25)/t15-/m0/s1. The van der Waals surface area contributed by atoms with Crippen molar-refractivity contribution in [3.63, 3.8) is 0 Å². The highest BCUT2D eigenvalue weighted by Crippen LogP contribution is 2.29. The van der Waals surface area contributed by atoms with E-state index in [2.05, 4.69) is 5.32 Å². The third-order valence-corrected chi connectivity index (χ3v) is 4.17. The third-order valence-electron chi connectivity index (χ3n) is 3.94. The molecule has 1 atom stereocenters. The van der Waals surface area contributed by atoms with Crippen LogP contribution in [-0.4, -0.2) is 31.2 Å². The van der Waals surface area contributed by atoms with Gasteiger partial charge in [-0.15, -0.1) is 0 Å². The SMILES string of the molecule is O=C(NC[C@H]1CN(c2cccc(Cl)c2)C(=O)O1)c1cccc(C(F)(F)F)c1. The van der Waals surface area contributed by atoms with E-state index < -0.39 is 29.8 Å². The van der Waals surface area contributed by atoms with Crippen LogP contribution in [0.1, 0.15) is 15.9 Å². The Morgan fingerprint density at radius 3 is 2.67 bits per heavy atom. The van der Waals surface area contributed by atoms with Crippen molar-refractivity contribution in [2.75, 3.05) is 18.0 Å². The summed E-state index contributed by atoms with van der Waals surface area (Å²) in [5, 5.41) is 2.95. The Labute approximate surface area is 157 Å². The summed E-state index contributed by atoms with van der Waals surface area (Å²) < 4.78 is 43.4. The Kier molecular flexibility index (Phi) is 5.27. The molecule has 1 aliphatic heterocycles. The molecule has 1 N–H and O–H groups in total. The number of alkyl halides is 3. The predicted octanol–water partition coefficient (Wildman–Crippen LogP) is 4.11. The first kappa shape index (κ1) is 19.0. The van der Waals surface area contributed by atoms with Crippen LogP contribution in [0, 0.1) is 0 Å². The number of anilines is 1. The number of halogens is 4. The highest BCUT2D eigenvalue weighted by atomic mass is 35.5. The molecule has 0 unspecified atom stereocenters. The zero-order chi connectivity index (χ0) is 19.6. The molecular weight excluding hydrogens is 385 g/mol. The van der Waals surface area contributed by atoms with Gasteiger partial charge in [-0.05, 0) is 36.4 Å². The first-order valence-electron chi connectivity index (χ1n) is 7.93. The van der Waals surface area contributed by atoms with Crippen molar-refractivity contribution in [2.45, 2.75) is 12.3 Å². The van der Waals surface area contributed by atoms with E-state index in [9.17, 15) is 22.8 Å². The van der Waals surface area contributed by atoms with Crippen LogP contribution in [0.5, 0.6) is 0 Å². The average molecular weight is 399 g/mol. The number of ether oxygens (including phenoxy) is 1. The van der Waals surface area contributed by atoms with Crippen LogP contribution >= 0.6 is 11.6 Å². The molecule has 9 heteroatoms. The molecule has 27 heavy (non-hydrogen) atoms. The Bertz CT molecular complexity index is 873. The smallest absolute Gasteiger partial charge is 0.416 e. The zero-order valence-electron chi connectivity index (χ0n) is 13.8. The van der Waals surface area contributed by atoms with Gasteiger partial charge >= 0.3 is 12.3 Å². The van der Waals surface area contributed by atoms with E-state index in [4.69, 9.17) is 16.3 Å². The Hall–Kier alpha value is -2.74. The number of amides is 2. The van der Waals surface area contributed by atoms with Gasteiger partial charge in [0.1, 0.15) is 6.10 Å². The van der Waals surface area contributed by atoms with Crippen molar-refractivity contribution in [2.24, 2.45) is 0 Å². The van der Waals surface area contributed by atoms with Crippen LogP contribution < -0.4 is 10.2 Å². The second-order valence-corrected chi connectivity index (χ2v) is 6.32. The van der Waals surface area contributed by atoms with Gasteiger partial charge in [0, 0.05) is 16.3 Å². The summed E-state index contributed by atoms with van der Waals surface area (Å²) in [4.78, 5) is 25.5. The minimum Gasteiger partial charge on any atom is -0.442 e. The second-order valence-electron chi connectivity index (χ2n) is 5.88. The monoisotopic (exact) mass is 398 g/mol. The van der Waals surface area contributed by atoms with Crippen LogP contribution in [0.4, 0.5) is 23.7 Å². The van der Waals surface area contributed by atoms with Crippen LogP contribution in [-0.2, 0) is 10.9 Å². The minimum absolute atomic E-state index is 0.0299. The zero-order valence-corrected chi connectivity index (χ0v) is 14.6. The molecule has 0 spiro atoms. The topological polar surface area (TPSA) is 58.6 Å². The van der Waals surface area contributed by atoms with Crippen molar-refractivity contribution >= 4 is 29.3 Å². The molecule has 0 aliphatic carbocycles. The largest absolute Gasteiger partial charge is 0.442 e. The van der Waals surface area contributed by atoms with Gasteiger partial charge in [-0.1, -0.05) is 23.7 Å². The quantitative estimate of drug-likeness (QED) is 0.843. The Morgan fingerprint density at radius 1 is 1.22 bits per heavy atom. The molecule has 0 aromatic heterocycles. The maximum Gasteiger partial charge on any atom is 0.416 e. The van der Waals surface area contributed by atoms with E-state index in [1.54, 1.807) is 24.3 Å². The molecule has 3 rings (SSSR count). The van der Waals surface area contributed by atoms with Crippen LogP contribution in [0.3, 0.4) is 0 Å². The van der Waals surface area contributed by atoms with E-state index in [1.165, 1.54) is 11.0 Å². The van der Waals surface area contributed by atoms with Gasteiger partial charge in [-0.3, -0.25) is 9.69 Å². The van der Waals surface area contributed by atoms with Crippen molar-refractivity contribution in [1.82, 2.24) is 5.32 Å². The molecule has 1 heterocycles. The first-order chi connectivity index (χ1) is 12.7. The number of nitrogens with zero attached hydrogens (tertiary/aromatic N) is 1. The van der Waals surface area contributed by atoms with Crippen LogP contribution in [0.25, 0.3) is 0 Å². The van der Waals surface area contributed by atoms with Gasteiger partial charge in [0.05, 0.1) is 18.7 Å².